The Balaban J connectivity index is 1.84. The minimum atomic E-state index is -0.422. The second-order valence-electron chi connectivity index (χ2n) is 6.89. The van der Waals surface area contributed by atoms with Crippen molar-refractivity contribution >= 4 is 0 Å². The normalized spacial score (nSPS) is 21.2. The molecule has 0 radical (unpaired) electrons. The zero-order valence-electron chi connectivity index (χ0n) is 13.5. The van der Waals surface area contributed by atoms with Crippen molar-refractivity contribution in [2.75, 3.05) is 0 Å². The second kappa shape index (κ2) is 9.25. The van der Waals surface area contributed by atoms with Gasteiger partial charge in [-0.05, 0) is 31.2 Å². The molecule has 1 saturated carbocycles. The summed E-state index contributed by atoms with van der Waals surface area (Å²) in [6.07, 6.45) is 15.8. The minimum absolute atomic E-state index is 0.422. The number of aliphatic hydroxyl groups is 1. The van der Waals surface area contributed by atoms with Gasteiger partial charge in [0.15, 0.2) is 0 Å². The van der Waals surface area contributed by atoms with Crippen molar-refractivity contribution in [1.29, 1.82) is 0 Å². The molecule has 1 heteroatoms. The van der Waals surface area contributed by atoms with Crippen LogP contribution in [0.1, 0.15) is 82.6 Å². The SMILES string of the molecule is OC1(CCc2ccccc2)CCCCCCCCCCC1. The molecule has 1 aromatic carbocycles. The van der Waals surface area contributed by atoms with Crippen molar-refractivity contribution in [2.45, 2.75) is 89.1 Å². The van der Waals surface area contributed by atoms with E-state index in [9.17, 15) is 5.11 Å². The summed E-state index contributed by atoms with van der Waals surface area (Å²) in [5.41, 5.74) is 0.937. The molecule has 21 heavy (non-hydrogen) atoms. The predicted molar refractivity (Wildman–Crippen MR) is 90.5 cm³/mol. The van der Waals surface area contributed by atoms with Crippen LogP contribution >= 0.6 is 0 Å². The van der Waals surface area contributed by atoms with Gasteiger partial charge in [0.1, 0.15) is 0 Å². The molecule has 118 valence electrons. The summed E-state index contributed by atoms with van der Waals surface area (Å²) in [6, 6.07) is 10.6. The van der Waals surface area contributed by atoms with E-state index >= 15 is 0 Å². The fourth-order valence-corrected chi connectivity index (χ4v) is 3.54. The Morgan fingerprint density at radius 3 is 1.71 bits per heavy atom. The van der Waals surface area contributed by atoms with Crippen molar-refractivity contribution in [1.82, 2.24) is 0 Å². The van der Waals surface area contributed by atoms with Gasteiger partial charge in [-0.1, -0.05) is 88.1 Å². The maximum Gasteiger partial charge on any atom is 0.0651 e. The Morgan fingerprint density at radius 2 is 1.19 bits per heavy atom. The van der Waals surface area contributed by atoms with Gasteiger partial charge < -0.3 is 5.11 Å². The highest BCUT2D eigenvalue weighted by Crippen LogP contribution is 2.29. The minimum Gasteiger partial charge on any atom is -0.390 e. The van der Waals surface area contributed by atoms with Gasteiger partial charge in [-0.15, -0.1) is 0 Å². The lowest BCUT2D eigenvalue weighted by molar-refractivity contribution is 0.00945. The Bertz CT molecular complexity index is 359. The van der Waals surface area contributed by atoms with E-state index in [1.54, 1.807) is 0 Å². The molecule has 1 nitrogen and oxygen atoms in total. The van der Waals surface area contributed by atoms with Gasteiger partial charge >= 0.3 is 0 Å². The zero-order valence-corrected chi connectivity index (χ0v) is 13.5. The summed E-state index contributed by atoms with van der Waals surface area (Å²) in [5, 5.41) is 11.0. The number of benzene rings is 1. The van der Waals surface area contributed by atoms with Crippen LogP contribution in [-0.4, -0.2) is 10.7 Å². The maximum absolute atomic E-state index is 11.0. The van der Waals surface area contributed by atoms with Gasteiger partial charge in [-0.25, -0.2) is 0 Å². The highest BCUT2D eigenvalue weighted by atomic mass is 16.3. The average Bonchev–Trinajstić information content (AvgIpc) is 2.50. The van der Waals surface area contributed by atoms with E-state index in [0.29, 0.717) is 0 Å². The second-order valence-corrected chi connectivity index (χ2v) is 6.89. The van der Waals surface area contributed by atoms with E-state index in [2.05, 4.69) is 30.3 Å². The predicted octanol–water partition coefficient (Wildman–Crippen LogP) is 5.66. The van der Waals surface area contributed by atoms with E-state index in [4.69, 9.17) is 0 Å². The Hall–Kier alpha value is -0.820. The van der Waals surface area contributed by atoms with E-state index in [0.717, 1.165) is 25.7 Å². The Kier molecular flexibility index (Phi) is 7.29. The largest absolute Gasteiger partial charge is 0.390 e. The summed E-state index contributed by atoms with van der Waals surface area (Å²) in [4.78, 5) is 0. The molecule has 0 heterocycles. The van der Waals surface area contributed by atoms with Gasteiger partial charge in [0.05, 0.1) is 5.60 Å². The van der Waals surface area contributed by atoms with Crippen molar-refractivity contribution in [3.8, 4) is 0 Å². The van der Waals surface area contributed by atoms with Gasteiger partial charge in [-0.2, -0.15) is 0 Å². The zero-order chi connectivity index (χ0) is 14.8. The maximum atomic E-state index is 11.0. The van der Waals surface area contributed by atoms with Crippen LogP contribution in [0.3, 0.4) is 0 Å². The molecule has 1 aliphatic rings. The molecule has 2 rings (SSSR count). The molecular formula is C20H32O. The first-order chi connectivity index (χ1) is 10.3. The number of aryl methyl sites for hydroxylation is 1. The quantitative estimate of drug-likeness (QED) is 0.761. The van der Waals surface area contributed by atoms with E-state index in [1.165, 1.54) is 63.4 Å². The monoisotopic (exact) mass is 288 g/mol. The van der Waals surface area contributed by atoms with Gasteiger partial charge in [0, 0.05) is 0 Å². The lowest BCUT2D eigenvalue weighted by Crippen LogP contribution is -2.29. The first-order valence-corrected chi connectivity index (χ1v) is 9.05. The van der Waals surface area contributed by atoms with E-state index in [-0.39, 0.29) is 0 Å². The third kappa shape index (κ3) is 6.65. The van der Waals surface area contributed by atoms with E-state index in [1.807, 2.05) is 0 Å². The van der Waals surface area contributed by atoms with Gasteiger partial charge in [0.25, 0.3) is 0 Å². The van der Waals surface area contributed by atoms with Crippen LogP contribution < -0.4 is 0 Å². The highest BCUT2D eigenvalue weighted by Gasteiger charge is 2.25. The fourth-order valence-electron chi connectivity index (χ4n) is 3.54. The molecule has 0 aliphatic heterocycles. The third-order valence-corrected chi connectivity index (χ3v) is 5.01. The van der Waals surface area contributed by atoms with Crippen molar-refractivity contribution in [3.63, 3.8) is 0 Å². The van der Waals surface area contributed by atoms with Crippen molar-refractivity contribution < 1.29 is 5.11 Å². The molecule has 0 amide bonds. The molecule has 1 aromatic rings. The van der Waals surface area contributed by atoms with Crippen LogP contribution in [-0.2, 0) is 6.42 Å². The van der Waals surface area contributed by atoms with Crippen LogP contribution in [0.2, 0.25) is 0 Å². The highest BCUT2D eigenvalue weighted by molar-refractivity contribution is 5.15. The number of hydrogen-bond donors (Lipinski definition) is 1. The molecule has 0 atom stereocenters. The molecule has 0 spiro atoms. The molecule has 1 aliphatic carbocycles. The Labute approximate surface area is 130 Å². The molecule has 0 saturated heterocycles. The van der Waals surface area contributed by atoms with Crippen LogP contribution in [0, 0.1) is 0 Å². The summed E-state index contributed by atoms with van der Waals surface area (Å²) >= 11 is 0. The molecule has 1 N–H and O–H groups in total. The summed E-state index contributed by atoms with van der Waals surface area (Å²) < 4.78 is 0. The topological polar surface area (TPSA) is 20.2 Å². The van der Waals surface area contributed by atoms with Crippen LogP contribution in [0.4, 0.5) is 0 Å². The van der Waals surface area contributed by atoms with Gasteiger partial charge in [-0.3, -0.25) is 0 Å². The third-order valence-electron chi connectivity index (χ3n) is 5.01. The number of rotatable bonds is 3. The van der Waals surface area contributed by atoms with E-state index < -0.39 is 5.60 Å². The first-order valence-electron chi connectivity index (χ1n) is 9.05. The standard InChI is InChI=1S/C20H32O/c21-20(18-15-19-13-9-8-10-14-19)16-11-6-4-2-1-3-5-7-12-17-20/h8-10,13-14,21H,1-7,11-12,15-18H2. The smallest absolute Gasteiger partial charge is 0.0651 e. The molecule has 0 unspecified atom stereocenters. The van der Waals surface area contributed by atoms with Crippen LogP contribution in [0.25, 0.3) is 0 Å². The summed E-state index contributed by atoms with van der Waals surface area (Å²) in [5.74, 6) is 0. The summed E-state index contributed by atoms with van der Waals surface area (Å²) in [6.45, 7) is 0. The molecule has 0 bridgehead atoms. The average molecular weight is 288 g/mol. The fraction of sp³-hybridized carbons (Fsp3) is 0.700. The first kappa shape index (κ1) is 16.5. The van der Waals surface area contributed by atoms with Crippen LogP contribution in [0.5, 0.6) is 0 Å². The summed E-state index contributed by atoms with van der Waals surface area (Å²) in [7, 11) is 0. The lowest BCUT2D eigenvalue weighted by atomic mass is 9.84. The Morgan fingerprint density at radius 1 is 0.714 bits per heavy atom. The van der Waals surface area contributed by atoms with Crippen molar-refractivity contribution in [2.24, 2.45) is 0 Å². The van der Waals surface area contributed by atoms with Crippen molar-refractivity contribution in [3.05, 3.63) is 35.9 Å². The molecule has 1 fully saturated rings. The number of hydrogen-bond acceptors (Lipinski definition) is 1. The lowest BCUT2D eigenvalue weighted by Gasteiger charge is -2.29. The van der Waals surface area contributed by atoms with Gasteiger partial charge in [0.2, 0.25) is 0 Å². The molecule has 0 aromatic heterocycles. The molecular weight excluding hydrogens is 256 g/mol. The van der Waals surface area contributed by atoms with Crippen LogP contribution in [0.15, 0.2) is 30.3 Å².